The van der Waals surface area contributed by atoms with Crippen molar-refractivity contribution in [1.29, 1.82) is 0 Å². The molecule has 0 aromatic carbocycles. The van der Waals surface area contributed by atoms with Crippen LogP contribution in [0.3, 0.4) is 0 Å². The number of nitrogens with zero attached hydrogens (tertiary/aromatic N) is 2. The fourth-order valence-electron chi connectivity index (χ4n) is 2.99. The summed E-state index contributed by atoms with van der Waals surface area (Å²) in [6.45, 7) is 11.5. The van der Waals surface area contributed by atoms with E-state index in [0.717, 1.165) is 11.5 Å². The normalized spacial score (nSPS) is 20.3. The molecule has 0 amide bonds. The molecule has 0 radical (unpaired) electrons. The Morgan fingerprint density at radius 3 is 2.33 bits per heavy atom. The Labute approximate surface area is 125 Å². The average molecular weight is 292 g/mol. The zero-order valence-corrected chi connectivity index (χ0v) is 13.4. The van der Waals surface area contributed by atoms with Crippen molar-refractivity contribution in [2.45, 2.75) is 52.2 Å². The second-order valence-corrected chi connectivity index (χ2v) is 6.84. The lowest BCUT2D eigenvalue weighted by atomic mass is 9.98. The summed E-state index contributed by atoms with van der Waals surface area (Å²) in [4.78, 5) is 18.0. The van der Waals surface area contributed by atoms with Crippen molar-refractivity contribution in [3.05, 3.63) is 23.4 Å². The lowest BCUT2D eigenvalue weighted by molar-refractivity contribution is -0.133. The van der Waals surface area contributed by atoms with Crippen LogP contribution < -0.4 is 4.90 Å². The van der Waals surface area contributed by atoms with E-state index >= 15 is 0 Å². The molecule has 0 atom stereocenters. The number of carboxylic acids is 1. The summed E-state index contributed by atoms with van der Waals surface area (Å²) in [5, 5.41) is 9.26. The summed E-state index contributed by atoms with van der Waals surface area (Å²) < 4.78 is 6.06. The number of rotatable bonds is 3. The summed E-state index contributed by atoms with van der Waals surface area (Å²) in [6.07, 6.45) is 0.714. The number of ether oxygens (including phenoxy) is 1. The molecule has 1 N–H and O–H groups in total. The van der Waals surface area contributed by atoms with Gasteiger partial charge in [-0.25, -0.2) is 9.78 Å². The minimum Gasteiger partial charge on any atom is -0.478 e. The quantitative estimate of drug-likeness (QED) is 0.928. The van der Waals surface area contributed by atoms with Crippen LogP contribution in [0.1, 0.15) is 50.7 Å². The third kappa shape index (κ3) is 3.73. The number of carbonyl (C=O) groups is 1. The Bertz CT molecular complexity index is 536. The third-order valence-corrected chi connectivity index (χ3v) is 3.49. The molecule has 1 aromatic heterocycles. The molecule has 2 rings (SSSR count). The first-order valence-corrected chi connectivity index (χ1v) is 7.31. The summed E-state index contributed by atoms with van der Waals surface area (Å²) in [5.74, 6) is -0.198. The molecule has 116 valence electrons. The number of anilines is 1. The molecule has 21 heavy (non-hydrogen) atoms. The van der Waals surface area contributed by atoms with Gasteiger partial charge in [0.1, 0.15) is 5.82 Å². The van der Waals surface area contributed by atoms with Gasteiger partial charge in [-0.3, -0.25) is 0 Å². The lowest BCUT2D eigenvalue weighted by Crippen LogP contribution is -2.57. The van der Waals surface area contributed by atoms with Gasteiger partial charge in [0.2, 0.25) is 0 Å². The second kappa shape index (κ2) is 5.30. The molecule has 1 aromatic rings. The van der Waals surface area contributed by atoms with Crippen molar-refractivity contribution < 1.29 is 14.6 Å². The van der Waals surface area contributed by atoms with Crippen LogP contribution in [0.5, 0.6) is 0 Å². The molecule has 0 unspecified atom stereocenters. The zero-order chi connectivity index (χ0) is 15.8. The average Bonchev–Trinajstić information content (AvgIpc) is 2.34. The summed E-state index contributed by atoms with van der Waals surface area (Å²) >= 11 is 0. The maximum absolute atomic E-state index is 11.3. The maximum Gasteiger partial charge on any atom is 0.335 e. The first-order chi connectivity index (χ1) is 9.62. The first-order valence-electron chi connectivity index (χ1n) is 7.31. The number of aromatic carboxylic acids is 1. The number of aromatic nitrogens is 1. The van der Waals surface area contributed by atoms with E-state index in [0.29, 0.717) is 25.1 Å². The monoisotopic (exact) mass is 292 g/mol. The fourth-order valence-corrected chi connectivity index (χ4v) is 2.99. The lowest BCUT2D eigenvalue weighted by Gasteiger charge is -2.47. The fraction of sp³-hybridized carbons (Fsp3) is 0.625. The molecule has 2 heterocycles. The zero-order valence-electron chi connectivity index (χ0n) is 13.4. The van der Waals surface area contributed by atoms with Crippen LogP contribution in [-0.2, 0) is 11.2 Å². The Hall–Kier alpha value is -1.62. The Morgan fingerprint density at radius 2 is 1.86 bits per heavy atom. The van der Waals surface area contributed by atoms with E-state index in [4.69, 9.17) is 4.74 Å². The second-order valence-electron chi connectivity index (χ2n) is 6.84. The van der Waals surface area contributed by atoms with Crippen LogP contribution in [0.15, 0.2) is 12.1 Å². The van der Waals surface area contributed by atoms with Gasteiger partial charge in [-0.05, 0) is 46.2 Å². The van der Waals surface area contributed by atoms with Crippen LogP contribution in [0.4, 0.5) is 5.82 Å². The van der Waals surface area contributed by atoms with Gasteiger partial charge in [0, 0.05) is 18.8 Å². The number of pyridine rings is 1. The van der Waals surface area contributed by atoms with Gasteiger partial charge in [-0.1, -0.05) is 6.92 Å². The summed E-state index contributed by atoms with van der Waals surface area (Å²) in [7, 11) is 0. The van der Waals surface area contributed by atoms with Crippen LogP contribution >= 0.6 is 0 Å². The first kappa shape index (κ1) is 15.8. The molecule has 0 aliphatic carbocycles. The molecule has 1 aliphatic heterocycles. The Balaban J connectivity index is 2.40. The molecule has 5 nitrogen and oxygen atoms in total. The van der Waals surface area contributed by atoms with E-state index in [1.165, 1.54) is 0 Å². The minimum atomic E-state index is -0.917. The highest BCUT2D eigenvalue weighted by molar-refractivity contribution is 5.88. The molecule has 0 bridgehead atoms. The molecule has 1 saturated heterocycles. The molecular weight excluding hydrogens is 268 g/mol. The topological polar surface area (TPSA) is 62.7 Å². The van der Waals surface area contributed by atoms with Gasteiger partial charge < -0.3 is 14.7 Å². The van der Waals surface area contributed by atoms with E-state index in [-0.39, 0.29) is 11.2 Å². The molecule has 5 heteroatoms. The number of morpholine rings is 1. The van der Waals surface area contributed by atoms with Gasteiger partial charge in [-0.2, -0.15) is 0 Å². The largest absolute Gasteiger partial charge is 0.478 e. The molecule has 0 spiro atoms. The molecule has 1 aliphatic rings. The van der Waals surface area contributed by atoms with E-state index in [1.54, 1.807) is 12.1 Å². The van der Waals surface area contributed by atoms with E-state index in [2.05, 4.69) is 9.88 Å². The van der Waals surface area contributed by atoms with Crippen molar-refractivity contribution in [3.8, 4) is 0 Å². The number of aryl methyl sites for hydroxylation is 1. The van der Waals surface area contributed by atoms with Crippen molar-refractivity contribution in [3.63, 3.8) is 0 Å². The third-order valence-electron chi connectivity index (χ3n) is 3.49. The van der Waals surface area contributed by atoms with Crippen LogP contribution in [-0.4, -0.2) is 40.4 Å². The smallest absolute Gasteiger partial charge is 0.335 e. The van der Waals surface area contributed by atoms with Gasteiger partial charge in [0.05, 0.1) is 16.8 Å². The number of hydrogen-bond acceptors (Lipinski definition) is 4. The van der Waals surface area contributed by atoms with Gasteiger partial charge in [0.25, 0.3) is 0 Å². The van der Waals surface area contributed by atoms with E-state index in [1.807, 2.05) is 34.6 Å². The summed E-state index contributed by atoms with van der Waals surface area (Å²) in [6, 6.07) is 3.29. The molecular formula is C16H24N2O3. The highest BCUT2D eigenvalue weighted by Gasteiger charge is 2.38. The van der Waals surface area contributed by atoms with Crippen LogP contribution in [0, 0.1) is 0 Å². The predicted molar refractivity (Wildman–Crippen MR) is 82.0 cm³/mol. The van der Waals surface area contributed by atoms with Crippen molar-refractivity contribution in [1.82, 2.24) is 4.98 Å². The highest BCUT2D eigenvalue weighted by Crippen LogP contribution is 2.31. The minimum absolute atomic E-state index is 0.291. The Morgan fingerprint density at radius 1 is 1.29 bits per heavy atom. The van der Waals surface area contributed by atoms with Gasteiger partial charge in [0.15, 0.2) is 0 Å². The predicted octanol–water partition coefficient (Wildman–Crippen LogP) is 2.74. The van der Waals surface area contributed by atoms with Crippen LogP contribution in [0.25, 0.3) is 0 Å². The van der Waals surface area contributed by atoms with Crippen molar-refractivity contribution in [2.24, 2.45) is 0 Å². The highest BCUT2D eigenvalue weighted by atomic mass is 16.5. The van der Waals surface area contributed by atoms with Crippen molar-refractivity contribution >= 4 is 11.8 Å². The number of hydrogen-bond donors (Lipinski definition) is 1. The Kier molecular flexibility index (Phi) is 3.97. The van der Waals surface area contributed by atoms with Crippen LogP contribution in [0.2, 0.25) is 0 Å². The number of carboxylic acid groups (broad SMARTS) is 1. The standard InChI is InChI=1S/C16H24N2O3/c1-6-12-7-11(14(19)20)8-13(17-12)18-9-15(2,3)21-16(4,5)10-18/h7-8H,6,9-10H2,1-5H3,(H,19,20). The molecule has 1 fully saturated rings. The maximum atomic E-state index is 11.3. The SMILES string of the molecule is CCc1cc(C(=O)O)cc(N2CC(C)(C)OC(C)(C)C2)n1. The molecule has 0 saturated carbocycles. The van der Waals surface area contributed by atoms with Gasteiger partial charge >= 0.3 is 5.97 Å². The van der Waals surface area contributed by atoms with Gasteiger partial charge in [-0.15, -0.1) is 0 Å². The van der Waals surface area contributed by atoms with Crippen molar-refractivity contribution in [2.75, 3.05) is 18.0 Å². The summed E-state index contributed by atoms with van der Waals surface area (Å²) in [5.41, 5.74) is 0.496. The van der Waals surface area contributed by atoms with E-state index < -0.39 is 5.97 Å². The van der Waals surface area contributed by atoms with E-state index in [9.17, 15) is 9.90 Å².